The van der Waals surface area contributed by atoms with Crippen LogP contribution in [0.15, 0.2) is 24.5 Å². The first-order chi connectivity index (χ1) is 6.33. The lowest BCUT2D eigenvalue weighted by molar-refractivity contribution is 0.876. The molecule has 0 saturated carbocycles. The predicted octanol–water partition coefficient (Wildman–Crippen LogP) is 2.60. The van der Waals surface area contributed by atoms with E-state index in [-0.39, 0.29) is 0 Å². The Kier molecular flexibility index (Phi) is 2.05. The molecule has 0 aliphatic carbocycles. The van der Waals surface area contributed by atoms with Gasteiger partial charge in [0.1, 0.15) is 0 Å². The number of hydrogen-bond donors (Lipinski definition) is 0. The van der Waals surface area contributed by atoms with Crippen LogP contribution in [0.3, 0.4) is 0 Å². The highest BCUT2D eigenvalue weighted by Crippen LogP contribution is 2.13. The van der Waals surface area contributed by atoms with E-state index in [9.17, 15) is 0 Å². The number of aromatic nitrogens is 2. The molecule has 2 aromatic heterocycles. The minimum absolute atomic E-state index is 1.06. The number of rotatable bonds is 2. The summed E-state index contributed by atoms with van der Waals surface area (Å²) in [6.07, 6.45) is 6.11. The fourth-order valence-corrected chi connectivity index (χ4v) is 1.67. The van der Waals surface area contributed by atoms with Crippen LogP contribution in [0.2, 0.25) is 0 Å². The molecule has 0 saturated heterocycles. The number of aryl methyl sites for hydroxylation is 2. The normalized spacial score (nSPS) is 10.9. The van der Waals surface area contributed by atoms with Crippen LogP contribution < -0.4 is 0 Å². The Hall–Kier alpha value is -1.31. The van der Waals surface area contributed by atoms with Gasteiger partial charge >= 0.3 is 0 Å². The summed E-state index contributed by atoms with van der Waals surface area (Å²) >= 11 is 0. The third-order valence-corrected chi connectivity index (χ3v) is 2.35. The van der Waals surface area contributed by atoms with Gasteiger partial charge in [0.05, 0.1) is 11.2 Å². The van der Waals surface area contributed by atoms with Crippen molar-refractivity contribution in [3.05, 3.63) is 35.9 Å². The van der Waals surface area contributed by atoms with E-state index in [1.807, 2.05) is 12.4 Å². The van der Waals surface area contributed by atoms with Crippen LogP contribution >= 0.6 is 0 Å². The maximum absolute atomic E-state index is 4.39. The monoisotopic (exact) mass is 174 g/mol. The Morgan fingerprint density at radius 3 is 3.00 bits per heavy atom. The van der Waals surface area contributed by atoms with Gasteiger partial charge < -0.3 is 4.40 Å². The molecule has 0 fully saturated rings. The van der Waals surface area contributed by atoms with E-state index >= 15 is 0 Å². The number of hydrogen-bond acceptors (Lipinski definition) is 1. The summed E-state index contributed by atoms with van der Waals surface area (Å²) in [6.45, 7) is 4.30. The van der Waals surface area contributed by atoms with Crippen LogP contribution in [0.25, 0.3) is 5.52 Å². The molecule has 2 nitrogen and oxygen atoms in total. The first kappa shape index (κ1) is 8.30. The quantitative estimate of drug-likeness (QED) is 0.684. The van der Waals surface area contributed by atoms with Gasteiger partial charge in [0.2, 0.25) is 0 Å². The molecule has 0 unspecified atom stereocenters. The second kappa shape index (κ2) is 3.21. The highest BCUT2D eigenvalue weighted by atomic mass is 14.9. The van der Waals surface area contributed by atoms with Crippen LogP contribution in [0.5, 0.6) is 0 Å². The van der Waals surface area contributed by atoms with Gasteiger partial charge in [-0.1, -0.05) is 13.3 Å². The maximum Gasteiger partial charge on any atom is 0.0669 e. The van der Waals surface area contributed by atoms with Gasteiger partial charge in [-0.25, -0.2) is 0 Å². The van der Waals surface area contributed by atoms with Gasteiger partial charge in [-0.05, 0) is 25.5 Å². The standard InChI is InChI=1S/C11H14N2/c1-3-4-10-11-6-5-9(2)13(11)8-7-12-10/h5-8H,3-4H2,1-2H3. The third-order valence-electron chi connectivity index (χ3n) is 2.35. The fourth-order valence-electron chi connectivity index (χ4n) is 1.67. The van der Waals surface area contributed by atoms with E-state index in [4.69, 9.17) is 0 Å². The molecule has 68 valence electrons. The average Bonchev–Trinajstić information content (AvgIpc) is 2.50. The van der Waals surface area contributed by atoms with E-state index < -0.39 is 0 Å². The first-order valence-corrected chi connectivity index (χ1v) is 4.74. The minimum atomic E-state index is 1.06. The van der Waals surface area contributed by atoms with Crippen molar-refractivity contribution < 1.29 is 0 Å². The molecule has 0 amide bonds. The largest absolute Gasteiger partial charge is 0.318 e. The molecule has 0 radical (unpaired) electrons. The summed E-state index contributed by atoms with van der Waals surface area (Å²) in [5.41, 5.74) is 3.73. The van der Waals surface area contributed by atoms with E-state index in [1.54, 1.807) is 0 Å². The highest BCUT2D eigenvalue weighted by molar-refractivity contribution is 5.53. The SMILES string of the molecule is CCCc1nccn2c(C)ccc12. The second-order valence-corrected chi connectivity index (χ2v) is 3.35. The molecule has 0 aliphatic rings. The first-order valence-electron chi connectivity index (χ1n) is 4.74. The fraction of sp³-hybridized carbons (Fsp3) is 0.364. The molecule has 2 rings (SSSR count). The number of fused-ring (bicyclic) bond motifs is 1. The van der Waals surface area contributed by atoms with Gasteiger partial charge in [0, 0.05) is 18.1 Å². The van der Waals surface area contributed by atoms with Crippen molar-refractivity contribution in [2.75, 3.05) is 0 Å². The molecular formula is C11H14N2. The van der Waals surface area contributed by atoms with Crippen molar-refractivity contribution in [3.8, 4) is 0 Å². The van der Waals surface area contributed by atoms with E-state index in [0.29, 0.717) is 0 Å². The van der Waals surface area contributed by atoms with E-state index in [0.717, 1.165) is 12.8 Å². The van der Waals surface area contributed by atoms with Gasteiger partial charge in [0.25, 0.3) is 0 Å². The van der Waals surface area contributed by atoms with Crippen molar-refractivity contribution in [2.45, 2.75) is 26.7 Å². The van der Waals surface area contributed by atoms with Crippen LogP contribution in [0.4, 0.5) is 0 Å². The molecule has 0 N–H and O–H groups in total. The van der Waals surface area contributed by atoms with Crippen LogP contribution in [0.1, 0.15) is 24.7 Å². The van der Waals surface area contributed by atoms with Crippen LogP contribution in [0, 0.1) is 6.92 Å². The summed E-state index contributed by atoms with van der Waals surface area (Å²) in [4.78, 5) is 4.39. The lowest BCUT2D eigenvalue weighted by atomic mass is 10.2. The molecule has 0 atom stereocenters. The molecule has 2 heterocycles. The van der Waals surface area contributed by atoms with E-state index in [2.05, 4.69) is 35.4 Å². The van der Waals surface area contributed by atoms with Gasteiger partial charge in [-0.2, -0.15) is 0 Å². The summed E-state index contributed by atoms with van der Waals surface area (Å²) in [7, 11) is 0. The van der Waals surface area contributed by atoms with Gasteiger partial charge in [-0.15, -0.1) is 0 Å². The molecule has 0 aliphatic heterocycles. The zero-order valence-electron chi connectivity index (χ0n) is 8.12. The van der Waals surface area contributed by atoms with Crippen molar-refractivity contribution in [3.63, 3.8) is 0 Å². The number of nitrogens with zero attached hydrogens (tertiary/aromatic N) is 2. The Balaban J connectivity index is 2.63. The zero-order valence-corrected chi connectivity index (χ0v) is 8.12. The molecular weight excluding hydrogens is 160 g/mol. The Bertz CT molecular complexity index is 415. The topological polar surface area (TPSA) is 17.3 Å². The Morgan fingerprint density at radius 1 is 1.38 bits per heavy atom. The molecule has 0 spiro atoms. The molecule has 2 heteroatoms. The Morgan fingerprint density at radius 2 is 2.23 bits per heavy atom. The predicted molar refractivity (Wildman–Crippen MR) is 53.9 cm³/mol. The summed E-state index contributed by atoms with van der Waals surface area (Å²) < 4.78 is 2.19. The van der Waals surface area contributed by atoms with Crippen LogP contribution in [-0.4, -0.2) is 9.38 Å². The molecule has 0 aromatic carbocycles. The second-order valence-electron chi connectivity index (χ2n) is 3.35. The van der Waals surface area contributed by atoms with E-state index in [1.165, 1.54) is 16.9 Å². The summed E-state index contributed by atoms with van der Waals surface area (Å²) in [6, 6.07) is 4.28. The molecule has 0 bridgehead atoms. The smallest absolute Gasteiger partial charge is 0.0669 e. The van der Waals surface area contributed by atoms with Gasteiger partial charge in [0.15, 0.2) is 0 Å². The van der Waals surface area contributed by atoms with Crippen molar-refractivity contribution >= 4 is 5.52 Å². The lowest BCUT2D eigenvalue weighted by Gasteiger charge is -2.02. The van der Waals surface area contributed by atoms with Crippen molar-refractivity contribution in [2.24, 2.45) is 0 Å². The summed E-state index contributed by atoms with van der Waals surface area (Å²) in [5.74, 6) is 0. The van der Waals surface area contributed by atoms with Crippen LogP contribution in [-0.2, 0) is 6.42 Å². The average molecular weight is 174 g/mol. The molecule has 13 heavy (non-hydrogen) atoms. The zero-order chi connectivity index (χ0) is 9.26. The van der Waals surface area contributed by atoms with Crippen molar-refractivity contribution in [1.29, 1.82) is 0 Å². The van der Waals surface area contributed by atoms with Gasteiger partial charge in [-0.3, -0.25) is 4.98 Å². The minimum Gasteiger partial charge on any atom is -0.318 e. The Labute approximate surface area is 78.2 Å². The highest BCUT2D eigenvalue weighted by Gasteiger charge is 2.02. The maximum atomic E-state index is 4.39. The molecule has 2 aromatic rings. The van der Waals surface area contributed by atoms with Crippen molar-refractivity contribution in [1.82, 2.24) is 9.38 Å². The third kappa shape index (κ3) is 1.32. The summed E-state index contributed by atoms with van der Waals surface area (Å²) in [5, 5.41) is 0. The lowest BCUT2D eigenvalue weighted by Crippen LogP contribution is -1.95.